The fourth-order valence-corrected chi connectivity index (χ4v) is 0.895. The number of nitrogens with zero attached hydrogens (tertiary/aromatic N) is 1. The lowest BCUT2D eigenvalue weighted by molar-refractivity contribution is -0.103. The van der Waals surface area contributed by atoms with Gasteiger partial charge in [0.2, 0.25) is 0 Å². The Morgan fingerprint density at radius 2 is 2.07 bits per heavy atom. The quantitative estimate of drug-likeness (QED) is 0.166. The number of nitrogens with two attached hydrogens (primary N) is 1. The van der Waals surface area contributed by atoms with Crippen LogP contribution >= 0.6 is 0 Å². The zero-order valence-corrected chi connectivity index (χ0v) is 7.27. The van der Waals surface area contributed by atoms with Crippen LogP contribution in [0.5, 0.6) is 0 Å². The van der Waals surface area contributed by atoms with E-state index in [0.29, 0.717) is 17.4 Å². The first-order valence-electron chi connectivity index (χ1n) is 3.81. The minimum absolute atomic E-state index is 0.0416. The minimum Gasteiger partial charge on any atom is -0.409 e. The van der Waals surface area contributed by atoms with Crippen LogP contribution in [0.1, 0.15) is 11.1 Å². The first-order chi connectivity index (χ1) is 6.77. The molecule has 0 bridgehead atoms. The Labute approximate surface area is 81.0 Å². The number of carbonyl (C=O) groups is 1. The van der Waals surface area contributed by atoms with E-state index in [-0.39, 0.29) is 5.84 Å². The fraction of sp³-hybridized carbons (Fsp3) is 0. The first-order valence-corrected chi connectivity index (χ1v) is 3.81. The van der Waals surface area contributed by atoms with Gasteiger partial charge in [-0.15, -0.1) is 0 Å². The lowest BCUT2D eigenvalue weighted by atomic mass is 10.1. The topological polar surface area (TPSA) is 75.7 Å². The Morgan fingerprint density at radius 1 is 1.43 bits per heavy atom. The molecule has 3 N–H and O–H groups in total. The summed E-state index contributed by atoms with van der Waals surface area (Å²) in [6.45, 7) is 0. The molecular formula is C10H8N2O2. The molecule has 70 valence electrons. The molecule has 0 amide bonds. The van der Waals surface area contributed by atoms with Crippen molar-refractivity contribution in [3.05, 3.63) is 35.4 Å². The van der Waals surface area contributed by atoms with Crippen molar-refractivity contribution in [3.8, 4) is 11.8 Å². The first kappa shape index (κ1) is 9.81. The van der Waals surface area contributed by atoms with Crippen molar-refractivity contribution in [2.45, 2.75) is 0 Å². The van der Waals surface area contributed by atoms with Crippen LogP contribution in [0.3, 0.4) is 0 Å². The highest BCUT2D eigenvalue weighted by Crippen LogP contribution is 2.02. The molecule has 4 nitrogen and oxygen atoms in total. The van der Waals surface area contributed by atoms with Gasteiger partial charge in [-0.25, -0.2) is 0 Å². The van der Waals surface area contributed by atoms with Crippen molar-refractivity contribution in [1.82, 2.24) is 0 Å². The average molecular weight is 188 g/mol. The van der Waals surface area contributed by atoms with Crippen LogP contribution in [0.25, 0.3) is 0 Å². The summed E-state index contributed by atoms with van der Waals surface area (Å²) in [6, 6.07) is 6.68. The van der Waals surface area contributed by atoms with E-state index in [0.717, 1.165) is 0 Å². The number of aldehydes is 1. The molecule has 0 saturated heterocycles. The molecule has 0 atom stereocenters. The Balaban J connectivity index is 2.94. The van der Waals surface area contributed by atoms with E-state index in [1.807, 2.05) is 0 Å². The highest BCUT2D eigenvalue weighted by molar-refractivity contribution is 5.97. The van der Waals surface area contributed by atoms with Crippen LogP contribution < -0.4 is 5.73 Å². The smallest absolute Gasteiger partial charge is 0.193 e. The lowest BCUT2D eigenvalue weighted by Crippen LogP contribution is -2.12. The van der Waals surface area contributed by atoms with Crippen molar-refractivity contribution < 1.29 is 10.0 Å². The Morgan fingerprint density at radius 3 is 2.57 bits per heavy atom. The summed E-state index contributed by atoms with van der Waals surface area (Å²) in [7, 11) is 0. The summed E-state index contributed by atoms with van der Waals surface area (Å²) in [4.78, 5) is 9.95. The van der Waals surface area contributed by atoms with E-state index in [4.69, 9.17) is 10.9 Å². The van der Waals surface area contributed by atoms with E-state index in [1.54, 1.807) is 24.3 Å². The number of hydrogen-bond donors (Lipinski definition) is 2. The summed E-state index contributed by atoms with van der Waals surface area (Å²) in [5, 5.41) is 11.2. The molecule has 0 fully saturated rings. The molecule has 0 aliphatic rings. The SMILES string of the molecule is NC(=NO)c1ccc(C#CC=O)cc1. The van der Waals surface area contributed by atoms with Gasteiger partial charge < -0.3 is 10.9 Å². The molecule has 0 saturated carbocycles. The number of rotatable bonds is 1. The van der Waals surface area contributed by atoms with Crippen LogP contribution in [0.2, 0.25) is 0 Å². The molecule has 0 aromatic heterocycles. The molecule has 1 aromatic carbocycles. The van der Waals surface area contributed by atoms with Gasteiger partial charge in [-0.3, -0.25) is 4.79 Å². The maximum atomic E-state index is 9.95. The summed E-state index contributed by atoms with van der Waals surface area (Å²) >= 11 is 0. The second-order valence-corrected chi connectivity index (χ2v) is 2.45. The summed E-state index contributed by atoms with van der Waals surface area (Å²) in [5.74, 6) is 4.94. The number of oxime groups is 1. The van der Waals surface area contributed by atoms with Crippen molar-refractivity contribution in [3.63, 3.8) is 0 Å². The predicted octanol–water partition coefficient (Wildman–Crippen LogP) is 0.332. The van der Waals surface area contributed by atoms with Crippen LogP contribution in [-0.2, 0) is 4.79 Å². The van der Waals surface area contributed by atoms with Gasteiger partial charge in [0.15, 0.2) is 12.1 Å². The fourth-order valence-electron chi connectivity index (χ4n) is 0.895. The molecule has 0 heterocycles. The van der Waals surface area contributed by atoms with Gasteiger partial charge in [0, 0.05) is 11.1 Å². The zero-order chi connectivity index (χ0) is 10.4. The molecule has 1 aromatic rings. The molecular weight excluding hydrogens is 180 g/mol. The monoisotopic (exact) mass is 188 g/mol. The van der Waals surface area contributed by atoms with Gasteiger partial charge in [0.05, 0.1) is 0 Å². The average Bonchev–Trinajstić information content (AvgIpc) is 2.26. The van der Waals surface area contributed by atoms with Crippen LogP contribution in [0.4, 0.5) is 0 Å². The lowest BCUT2D eigenvalue weighted by Gasteiger charge is -1.97. The number of hydrogen-bond acceptors (Lipinski definition) is 3. The number of carbonyl (C=O) groups excluding carboxylic acids is 1. The summed E-state index contributed by atoms with van der Waals surface area (Å²) in [6.07, 6.45) is 0.525. The minimum atomic E-state index is 0.0416. The van der Waals surface area contributed by atoms with E-state index in [2.05, 4.69) is 17.0 Å². The zero-order valence-electron chi connectivity index (χ0n) is 7.27. The van der Waals surface area contributed by atoms with Gasteiger partial charge in [0.1, 0.15) is 0 Å². The maximum Gasteiger partial charge on any atom is 0.193 e. The second kappa shape index (κ2) is 4.67. The molecule has 0 radical (unpaired) electrons. The standard InChI is InChI=1S/C10H8N2O2/c11-10(12-14)9-5-3-8(4-6-9)2-1-7-13/h3-7,14H,(H2,11,12). The van der Waals surface area contributed by atoms with Crippen LogP contribution in [0.15, 0.2) is 29.4 Å². The number of amidine groups is 1. The van der Waals surface area contributed by atoms with Gasteiger partial charge in [-0.2, -0.15) is 0 Å². The van der Waals surface area contributed by atoms with E-state index in [1.165, 1.54) is 0 Å². The molecule has 14 heavy (non-hydrogen) atoms. The second-order valence-electron chi connectivity index (χ2n) is 2.45. The third-order valence-corrected chi connectivity index (χ3v) is 1.56. The molecule has 0 spiro atoms. The van der Waals surface area contributed by atoms with Crippen molar-refractivity contribution in [1.29, 1.82) is 0 Å². The van der Waals surface area contributed by atoms with E-state index in [9.17, 15) is 4.79 Å². The molecule has 0 unspecified atom stereocenters. The highest BCUT2D eigenvalue weighted by atomic mass is 16.4. The summed E-state index contributed by atoms with van der Waals surface area (Å²) < 4.78 is 0. The Bertz CT molecular complexity index is 410. The predicted molar refractivity (Wildman–Crippen MR) is 51.9 cm³/mol. The third-order valence-electron chi connectivity index (χ3n) is 1.56. The maximum absolute atomic E-state index is 9.95. The molecule has 1 rings (SSSR count). The van der Waals surface area contributed by atoms with Gasteiger partial charge in [-0.05, 0) is 30.2 Å². The molecule has 0 aliphatic carbocycles. The van der Waals surface area contributed by atoms with Gasteiger partial charge in [-0.1, -0.05) is 11.1 Å². The highest BCUT2D eigenvalue weighted by Gasteiger charge is 1.96. The third kappa shape index (κ3) is 2.35. The largest absolute Gasteiger partial charge is 0.409 e. The molecule has 4 heteroatoms. The van der Waals surface area contributed by atoms with Gasteiger partial charge >= 0.3 is 0 Å². The summed E-state index contributed by atoms with van der Waals surface area (Å²) in [5.41, 5.74) is 6.65. The molecule has 0 aliphatic heterocycles. The van der Waals surface area contributed by atoms with Crippen LogP contribution in [0, 0.1) is 11.8 Å². The van der Waals surface area contributed by atoms with Gasteiger partial charge in [0.25, 0.3) is 0 Å². The van der Waals surface area contributed by atoms with Crippen molar-refractivity contribution >= 4 is 12.1 Å². The Hall–Kier alpha value is -2.28. The van der Waals surface area contributed by atoms with Crippen molar-refractivity contribution in [2.24, 2.45) is 10.9 Å². The Kier molecular flexibility index (Phi) is 3.27. The normalized spacial score (nSPS) is 10.1. The van der Waals surface area contributed by atoms with E-state index >= 15 is 0 Å². The van der Waals surface area contributed by atoms with Crippen molar-refractivity contribution in [2.75, 3.05) is 0 Å². The number of benzene rings is 1. The van der Waals surface area contributed by atoms with E-state index < -0.39 is 0 Å². The van der Waals surface area contributed by atoms with Crippen LogP contribution in [-0.4, -0.2) is 17.3 Å².